The monoisotopic (exact) mass is 272 g/mol. The largest absolute Gasteiger partial charge is 0.326 e. The Morgan fingerprint density at radius 2 is 1.89 bits per heavy atom. The second-order valence-electron chi connectivity index (χ2n) is 4.61. The maximum Gasteiger partial charge on any atom is 0.237 e. The van der Waals surface area contributed by atoms with E-state index in [0.717, 1.165) is 12.8 Å². The van der Waals surface area contributed by atoms with Gasteiger partial charge < -0.3 is 5.73 Å². The Bertz CT molecular complexity index is 519. The molecule has 2 unspecified atom stereocenters. The molecule has 100 valence electrons. The van der Waals surface area contributed by atoms with Crippen LogP contribution in [0.1, 0.15) is 25.7 Å². The third-order valence-corrected chi connectivity index (χ3v) is 5.17. The first-order chi connectivity index (χ1) is 8.50. The summed E-state index contributed by atoms with van der Waals surface area (Å²) in [5, 5.41) is -0.633. The van der Waals surface area contributed by atoms with Crippen molar-refractivity contribution in [3.8, 4) is 0 Å². The number of para-hydroxylation sites is 1. The molecule has 1 saturated carbocycles. The minimum atomic E-state index is -3.62. The van der Waals surface area contributed by atoms with E-state index in [1.165, 1.54) is 18.2 Å². The molecule has 0 spiro atoms. The molecule has 1 aromatic carbocycles. The van der Waals surface area contributed by atoms with Crippen LogP contribution in [0.2, 0.25) is 0 Å². The molecule has 2 atom stereocenters. The van der Waals surface area contributed by atoms with Crippen molar-refractivity contribution in [1.29, 1.82) is 0 Å². The van der Waals surface area contributed by atoms with Gasteiger partial charge in [-0.05, 0) is 25.0 Å². The van der Waals surface area contributed by atoms with Gasteiger partial charge in [0.15, 0.2) is 0 Å². The first-order valence-corrected chi connectivity index (χ1v) is 7.57. The lowest BCUT2D eigenvalue weighted by Crippen LogP contribution is -2.45. The zero-order chi connectivity index (χ0) is 13.2. The summed E-state index contributed by atoms with van der Waals surface area (Å²) in [6.45, 7) is 0. The molecule has 1 aliphatic rings. The average Bonchev–Trinajstić information content (AvgIpc) is 2.32. The van der Waals surface area contributed by atoms with Crippen LogP contribution in [-0.2, 0) is 10.0 Å². The van der Waals surface area contributed by atoms with Crippen LogP contribution in [0.25, 0.3) is 0 Å². The molecule has 0 heterocycles. The SMILES string of the molecule is NC1CCCCC1S(=O)(=O)Nc1ccccc1F. The second-order valence-corrected chi connectivity index (χ2v) is 6.51. The summed E-state index contributed by atoms with van der Waals surface area (Å²) >= 11 is 0. The summed E-state index contributed by atoms with van der Waals surface area (Å²) in [5.41, 5.74) is 5.83. The van der Waals surface area contributed by atoms with E-state index in [9.17, 15) is 12.8 Å². The smallest absolute Gasteiger partial charge is 0.237 e. The molecule has 18 heavy (non-hydrogen) atoms. The van der Waals surface area contributed by atoms with Gasteiger partial charge in [0.25, 0.3) is 0 Å². The predicted molar refractivity (Wildman–Crippen MR) is 69.2 cm³/mol. The Morgan fingerprint density at radius 3 is 2.56 bits per heavy atom. The summed E-state index contributed by atoms with van der Waals surface area (Å²) in [5.74, 6) is -0.578. The van der Waals surface area contributed by atoms with Crippen molar-refractivity contribution in [3.05, 3.63) is 30.1 Å². The number of halogens is 1. The van der Waals surface area contributed by atoms with Crippen molar-refractivity contribution < 1.29 is 12.8 Å². The topological polar surface area (TPSA) is 72.2 Å². The van der Waals surface area contributed by atoms with E-state index in [1.807, 2.05) is 0 Å². The molecule has 0 amide bonds. The molecule has 0 bridgehead atoms. The maximum absolute atomic E-state index is 13.4. The van der Waals surface area contributed by atoms with Crippen LogP contribution in [-0.4, -0.2) is 19.7 Å². The van der Waals surface area contributed by atoms with Gasteiger partial charge in [-0.2, -0.15) is 0 Å². The first kappa shape index (κ1) is 13.3. The van der Waals surface area contributed by atoms with Crippen LogP contribution in [0.15, 0.2) is 24.3 Å². The standard InChI is InChI=1S/C12H17FN2O2S/c13-9-5-1-3-7-11(9)15-18(16,17)12-8-4-2-6-10(12)14/h1,3,5,7,10,12,15H,2,4,6,8,14H2. The molecule has 2 rings (SSSR count). The second kappa shape index (κ2) is 5.24. The van der Waals surface area contributed by atoms with E-state index >= 15 is 0 Å². The highest BCUT2D eigenvalue weighted by molar-refractivity contribution is 7.93. The molecule has 1 fully saturated rings. The third kappa shape index (κ3) is 2.81. The van der Waals surface area contributed by atoms with Gasteiger partial charge >= 0.3 is 0 Å². The molecular weight excluding hydrogens is 255 g/mol. The molecule has 1 aromatic rings. The molecular formula is C12H17FN2O2S. The number of rotatable bonds is 3. The van der Waals surface area contributed by atoms with Gasteiger partial charge in [0.05, 0.1) is 10.9 Å². The molecule has 6 heteroatoms. The Labute approximate surface area is 106 Å². The van der Waals surface area contributed by atoms with Crippen molar-refractivity contribution >= 4 is 15.7 Å². The molecule has 1 aliphatic carbocycles. The number of nitrogens with one attached hydrogen (secondary N) is 1. The third-order valence-electron chi connectivity index (χ3n) is 3.28. The lowest BCUT2D eigenvalue weighted by atomic mass is 9.96. The van der Waals surface area contributed by atoms with Gasteiger partial charge in [0.1, 0.15) is 5.82 Å². The summed E-state index contributed by atoms with van der Waals surface area (Å²) in [7, 11) is -3.62. The van der Waals surface area contributed by atoms with E-state index in [-0.39, 0.29) is 11.7 Å². The van der Waals surface area contributed by atoms with Gasteiger partial charge in [0, 0.05) is 6.04 Å². The highest BCUT2D eigenvalue weighted by Crippen LogP contribution is 2.25. The zero-order valence-electron chi connectivity index (χ0n) is 9.97. The normalized spacial score (nSPS) is 24.8. The minimum absolute atomic E-state index is 0.0183. The Morgan fingerprint density at radius 1 is 1.22 bits per heavy atom. The van der Waals surface area contributed by atoms with E-state index in [1.54, 1.807) is 6.07 Å². The fraction of sp³-hybridized carbons (Fsp3) is 0.500. The summed E-state index contributed by atoms with van der Waals surface area (Å²) in [6, 6.07) is 5.35. The number of benzene rings is 1. The Balaban J connectivity index is 2.19. The van der Waals surface area contributed by atoms with Crippen LogP contribution < -0.4 is 10.5 Å². The Kier molecular flexibility index (Phi) is 3.87. The van der Waals surface area contributed by atoms with Crippen molar-refractivity contribution in [2.75, 3.05) is 4.72 Å². The van der Waals surface area contributed by atoms with Crippen molar-refractivity contribution in [2.45, 2.75) is 37.0 Å². The van der Waals surface area contributed by atoms with Crippen LogP contribution in [0.3, 0.4) is 0 Å². The van der Waals surface area contributed by atoms with E-state index in [2.05, 4.69) is 4.72 Å². The molecule has 0 aromatic heterocycles. The van der Waals surface area contributed by atoms with Crippen LogP contribution in [0, 0.1) is 5.82 Å². The number of sulfonamides is 1. The first-order valence-electron chi connectivity index (χ1n) is 6.02. The number of nitrogens with two attached hydrogens (primary N) is 1. The van der Waals surface area contributed by atoms with Gasteiger partial charge in [-0.25, -0.2) is 12.8 Å². The molecule has 4 nitrogen and oxygen atoms in total. The summed E-state index contributed by atoms with van der Waals surface area (Å²) in [4.78, 5) is 0. The van der Waals surface area contributed by atoms with E-state index < -0.39 is 21.1 Å². The maximum atomic E-state index is 13.4. The van der Waals surface area contributed by atoms with Gasteiger partial charge in [-0.15, -0.1) is 0 Å². The van der Waals surface area contributed by atoms with Crippen molar-refractivity contribution in [3.63, 3.8) is 0 Å². The van der Waals surface area contributed by atoms with E-state index in [4.69, 9.17) is 5.73 Å². The van der Waals surface area contributed by atoms with Crippen LogP contribution in [0.5, 0.6) is 0 Å². The predicted octanol–water partition coefficient (Wildman–Crippen LogP) is 1.84. The average molecular weight is 272 g/mol. The lowest BCUT2D eigenvalue weighted by Gasteiger charge is -2.28. The lowest BCUT2D eigenvalue weighted by molar-refractivity contribution is 0.433. The molecule has 0 aliphatic heterocycles. The van der Waals surface area contributed by atoms with Crippen molar-refractivity contribution in [2.24, 2.45) is 5.73 Å². The highest BCUT2D eigenvalue weighted by Gasteiger charge is 2.33. The number of hydrogen-bond acceptors (Lipinski definition) is 3. The molecule has 0 radical (unpaired) electrons. The van der Waals surface area contributed by atoms with Crippen LogP contribution in [0.4, 0.5) is 10.1 Å². The van der Waals surface area contributed by atoms with E-state index in [0.29, 0.717) is 12.8 Å². The summed E-state index contributed by atoms with van der Waals surface area (Å²) < 4.78 is 40.0. The van der Waals surface area contributed by atoms with Gasteiger partial charge in [-0.3, -0.25) is 4.72 Å². The molecule has 0 saturated heterocycles. The minimum Gasteiger partial charge on any atom is -0.326 e. The highest BCUT2D eigenvalue weighted by atomic mass is 32.2. The van der Waals surface area contributed by atoms with Gasteiger partial charge in [0.2, 0.25) is 10.0 Å². The fourth-order valence-electron chi connectivity index (χ4n) is 2.28. The summed E-state index contributed by atoms with van der Waals surface area (Å²) in [6.07, 6.45) is 3.03. The van der Waals surface area contributed by atoms with Gasteiger partial charge in [-0.1, -0.05) is 25.0 Å². The van der Waals surface area contributed by atoms with Crippen molar-refractivity contribution in [1.82, 2.24) is 0 Å². The Hall–Kier alpha value is -1.14. The number of anilines is 1. The molecule has 3 N–H and O–H groups in total. The number of hydrogen-bond donors (Lipinski definition) is 2. The fourth-order valence-corrected chi connectivity index (χ4v) is 3.98. The quantitative estimate of drug-likeness (QED) is 0.882. The zero-order valence-corrected chi connectivity index (χ0v) is 10.8. The van der Waals surface area contributed by atoms with Crippen LogP contribution >= 0.6 is 0 Å².